The average Bonchev–Trinajstić information content (AvgIpc) is 3.06. The molecule has 1 fully saturated rings. The van der Waals surface area contributed by atoms with Crippen molar-refractivity contribution in [2.45, 2.75) is 19.5 Å². The molecule has 0 bridgehead atoms. The van der Waals surface area contributed by atoms with Gasteiger partial charge in [-0.1, -0.05) is 12.1 Å². The molecule has 2 amide bonds. The fourth-order valence-corrected chi connectivity index (χ4v) is 2.82. The van der Waals surface area contributed by atoms with E-state index in [2.05, 4.69) is 10.1 Å². The predicted octanol–water partition coefficient (Wildman–Crippen LogP) is 4.21. The molecular weight excluding hydrogens is 373 g/mol. The van der Waals surface area contributed by atoms with Gasteiger partial charge >= 0.3 is 6.61 Å². The Bertz CT molecular complexity index is 898. The van der Waals surface area contributed by atoms with Crippen LogP contribution in [-0.2, 0) is 9.59 Å². The van der Waals surface area contributed by atoms with Crippen molar-refractivity contribution in [3.05, 3.63) is 59.9 Å². The minimum Gasteiger partial charge on any atom is -0.435 e. The number of ether oxygens (including phenoxy) is 1. The summed E-state index contributed by atoms with van der Waals surface area (Å²) in [5, 5.41) is 2.53. The van der Waals surface area contributed by atoms with Gasteiger partial charge in [-0.05, 0) is 48.4 Å². The van der Waals surface area contributed by atoms with Gasteiger partial charge in [0.25, 0.3) is 0 Å². The molecule has 8 heteroatoms. The summed E-state index contributed by atoms with van der Waals surface area (Å²) in [6.07, 6.45) is 3.81. The summed E-state index contributed by atoms with van der Waals surface area (Å²) in [5.41, 5.74) is 1.05. The molecule has 2 aromatic rings. The fourth-order valence-electron chi connectivity index (χ4n) is 2.82. The summed E-state index contributed by atoms with van der Waals surface area (Å²) in [4.78, 5) is 25.1. The summed E-state index contributed by atoms with van der Waals surface area (Å²) in [5.74, 6) is -1.18. The van der Waals surface area contributed by atoms with Gasteiger partial charge in [-0.15, -0.1) is 0 Å². The maximum Gasteiger partial charge on any atom is 0.387 e. The molecule has 2 aromatic carbocycles. The van der Waals surface area contributed by atoms with Gasteiger partial charge in [0.2, 0.25) is 11.8 Å². The molecule has 0 radical (unpaired) electrons. The van der Waals surface area contributed by atoms with Crippen LogP contribution in [0.4, 0.5) is 24.5 Å². The Morgan fingerprint density at radius 2 is 1.93 bits per heavy atom. The van der Waals surface area contributed by atoms with E-state index < -0.39 is 18.3 Å². The lowest BCUT2D eigenvalue weighted by Crippen LogP contribution is -2.24. The van der Waals surface area contributed by atoms with E-state index in [4.69, 9.17) is 0 Å². The largest absolute Gasteiger partial charge is 0.435 e. The predicted molar refractivity (Wildman–Crippen MR) is 98.7 cm³/mol. The molecule has 0 aromatic heterocycles. The van der Waals surface area contributed by atoms with E-state index in [1.54, 1.807) is 0 Å². The van der Waals surface area contributed by atoms with E-state index in [0.717, 1.165) is 6.07 Å². The number of amides is 2. The number of nitrogens with one attached hydrogen (secondary N) is 1. The maximum atomic E-state index is 14.3. The maximum absolute atomic E-state index is 14.3. The van der Waals surface area contributed by atoms with Crippen molar-refractivity contribution in [3.8, 4) is 5.75 Å². The van der Waals surface area contributed by atoms with Crippen LogP contribution in [0.2, 0.25) is 0 Å². The molecule has 0 spiro atoms. The molecule has 146 valence electrons. The quantitative estimate of drug-likeness (QED) is 0.752. The van der Waals surface area contributed by atoms with E-state index in [-0.39, 0.29) is 23.0 Å². The van der Waals surface area contributed by atoms with Gasteiger partial charge in [0.15, 0.2) is 0 Å². The smallest absolute Gasteiger partial charge is 0.387 e. The van der Waals surface area contributed by atoms with Crippen LogP contribution < -0.4 is 15.0 Å². The molecule has 5 nitrogen and oxygen atoms in total. The highest BCUT2D eigenvalue weighted by atomic mass is 19.3. The Morgan fingerprint density at radius 3 is 2.54 bits per heavy atom. The van der Waals surface area contributed by atoms with Crippen molar-refractivity contribution in [2.75, 3.05) is 16.8 Å². The number of alkyl halides is 2. The zero-order valence-electron chi connectivity index (χ0n) is 14.7. The van der Waals surface area contributed by atoms with Gasteiger partial charge in [0.1, 0.15) is 11.6 Å². The Morgan fingerprint density at radius 1 is 1.18 bits per heavy atom. The molecule has 3 rings (SSSR count). The third-order valence-corrected chi connectivity index (χ3v) is 4.11. The zero-order chi connectivity index (χ0) is 20.1. The monoisotopic (exact) mass is 390 g/mol. The summed E-state index contributed by atoms with van der Waals surface area (Å²) in [6, 6.07) is 9.88. The van der Waals surface area contributed by atoms with E-state index in [0.29, 0.717) is 24.9 Å². The first-order valence-corrected chi connectivity index (χ1v) is 8.56. The van der Waals surface area contributed by atoms with Crippen LogP contribution in [0.3, 0.4) is 0 Å². The van der Waals surface area contributed by atoms with E-state index in [9.17, 15) is 22.8 Å². The Kier molecular flexibility index (Phi) is 5.98. The van der Waals surface area contributed by atoms with Crippen molar-refractivity contribution in [2.24, 2.45) is 0 Å². The minimum absolute atomic E-state index is 0.0173. The number of hydrogen-bond donors (Lipinski definition) is 1. The molecule has 1 heterocycles. The summed E-state index contributed by atoms with van der Waals surface area (Å²) < 4.78 is 42.7. The van der Waals surface area contributed by atoms with Gasteiger partial charge in [0.05, 0.1) is 5.69 Å². The number of rotatable bonds is 6. The first-order valence-electron chi connectivity index (χ1n) is 8.56. The Labute approximate surface area is 159 Å². The molecule has 1 aliphatic heterocycles. The van der Waals surface area contributed by atoms with Gasteiger partial charge in [-0.3, -0.25) is 9.59 Å². The first-order chi connectivity index (χ1) is 13.4. The molecule has 0 unspecified atom stereocenters. The number of hydrogen-bond acceptors (Lipinski definition) is 3. The molecule has 0 aliphatic carbocycles. The highest BCUT2D eigenvalue weighted by Crippen LogP contribution is 2.26. The second-order valence-corrected chi connectivity index (χ2v) is 6.09. The average molecular weight is 390 g/mol. The summed E-state index contributed by atoms with van der Waals surface area (Å²) >= 11 is 0. The highest BCUT2D eigenvalue weighted by Gasteiger charge is 2.24. The standard InChI is InChI=1S/C20H17F3N2O3/c21-16-12-14(6-9-17(16)25-11-1-2-19(25)27)24-18(26)10-5-13-3-7-15(8-4-13)28-20(22)23/h3-10,12,20H,1-2,11H2,(H,24,26)/b10-5+. The summed E-state index contributed by atoms with van der Waals surface area (Å²) in [6.45, 7) is -2.42. The van der Waals surface area contributed by atoms with Crippen molar-refractivity contribution >= 4 is 29.3 Å². The molecule has 1 saturated heterocycles. The van der Waals surface area contributed by atoms with Crippen LogP contribution in [0.15, 0.2) is 48.5 Å². The Hall–Kier alpha value is -3.29. The van der Waals surface area contributed by atoms with Crippen LogP contribution >= 0.6 is 0 Å². The molecule has 0 atom stereocenters. The second kappa shape index (κ2) is 8.60. The number of anilines is 2. The third-order valence-electron chi connectivity index (χ3n) is 4.11. The molecule has 0 saturated carbocycles. The van der Waals surface area contributed by atoms with Crippen LogP contribution in [-0.4, -0.2) is 25.0 Å². The topological polar surface area (TPSA) is 58.6 Å². The van der Waals surface area contributed by atoms with Gasteiger partial charge in [0, 0.05) is 24.7 Å². The van der Waals surface area contributed by atoms with Crippen molar-refractivity contribution in [1.29, 1.82) is 0 Å². The Balaban J connectivity index is 1.60. The number of benzene rings is 2. The highest BCUT2D eigenvalue weighted by molar-refractivity contribution is 6.02. The number of nitrogens with zero attached hydrogens (tertiary/aromatic N) is 1. The van der Waals surface area contributed by atoms with Crippen LogP contribution in [0.25, 0.3) is 6.08 Å². The second-order valence-electron chi connectivity index (χ2n) is 6.09. The molecular formula is C20H17F3N2O3. The van der Waals surface area contributed by atoms with Gasteiger partial charge in [-0.2, -0.15) is 8.78 Å². The number of halogens is 3. The van der Waals surface area contributed by atoms with Crippen molar-refractivity contribution in [1.82, 2.24) is 0 Å². The SMILES string of the molecule is O=C(/C=C/c1ccc(OC(F)F)cc1)Nc1ccc(N2CCCC2=O)c(F)c1. The zero-order valence-corrected chi connectivity index (χ0v) is 14.7. The normalized spacial score (nSPS) is 14.1. The number of carbonyl (C=O) groups is 2. The van der Waals surface area contributed by atoms with Crippen molar-refractivity contribution < 1.29 is 27.5 Å². The number of carbonyl (C=O) groups excluding carboxylic acids is 2. The van der Waals surface area contributed by atoms with E-state index in [1.807, 2.05) is 0 Å². The minimum atomic E-state index is -2.90. The molecule has 1 N–H and O–H groups in total. The fraction of sp³-hybridized carbons (Fsp3) is 0.200. The van der Waals surface area contributed by atoms with Crippen LogP contribution in [0, 0.1) is 5.82 Å². The molecule has 28 heavy (non-hydrogen) atoms. The lowest BCUT2D eigenvalue weighted by atomic mass is 10.2. The molecule has 1 aliphatic rings. The lowest BCUT2D eigenvalue weighted by molar-refractivity contribution is -0.117. The van der Waals surface area contributed by atoms with Crippen LogP contribution in [0.1, 0.15) is 18.4 Å². The van der Waals surface area contributed by atoms with Crippen molar-refractivity contribution in [3.63, 3.8) is 0 Å². The lowest BCUT2D eigenvalue weighted by Gasteiger charge is -2.17. The van der Waals surface area contributed by atoms with Crippen LogP contribution in [0.5, 0.6) is 5.75 Å². The van der Waals surface area contributed by atoms with Gasteiger partial charge < -0.3 is 15.0 Å². The van der Waals surface area contributed by atoms with E-state index >= 15 is 0 Å². The first kappa shape index (κ1) is 19.5. The van der Waals surface area contributed by atoms with Gasteiger partial charge in [-0.25, -0.2) is 4.39 Å². The summed E-state index contributed by atoms with van der Waals surface area (Å²) in [7, 11) is 0. The van der Waals surface area contributed by atoms with E-state index in [1.165, 1.54) is 53.5 Å². The third kappa shape index (κ3) is 4.91.